The van der Waals surface area contributed by atoms with E-state index in [1.54, 1.807) is 43.3 Å². The second kappa shape index (κ2) is 9.81. The van der Waals surface area contributed by atoms with Gasteiger partial charge in [-0.2, -0.15) is 0 Å². The molecule has 3 aromatic carbocycles. The molecule has 7 rings (SSSR count). The van der Waals surface area contributed by atoms with Crippen molar-refractivity contribution in [1.29, 1.82) is 0 Å². The number of imide groups is 1. The van der Waals surface area contributed by atoms with Crippen molar-refractivity contribution < 1.29 is 23.8 Å². The van der Waals surface area contributed by atoms with Crippen LogP contribution < -0.4 is 21.0 Å². The van der Waals surface area contributed by atoms with Crippen molar-refractivity contribution in [3.05, 3.63) is 116 Å². The Balaban J connectivity index is 1.46. The van der Waals surface area contributed by atoms with E-state index in [1.807, 2.05) is 6.08 Å². The number of hydrogen-bond acceptors (Lipinski definition) is 6. The van der Waals surface area contributed by atoms with E-state index in [0.717, 1.165) is 15.5 Å². The van der Waals surface area contributed by atoms with Gasteiger partial charge in [-0.3, -0.25) is 9.59 Å². The Morgan fingerprint density at radius 1 is 0.977 bits per heavy atom. The molecule has 1 aromatic heterocycles. The van der Waals surface area contributed by atoms with Crippen molar-refractivity contribution in [3.8, 4) is 17.2 Å². The predicted octanol–water partition coefficient (Wildman–Crippen LogP) is 4.17. The minimum absolute atomic E-state index is 0.0490. The van der Waals surface area contributed by atoms with Gasteiger partial charge in [-0.15, -0.1) is 0 Å². The van der Waals surface area contributed by atoms with Crippen LogP contribution in [0.15, 0.2) is 88.0 Å². The summed E-state index contributed by atoms with van der Waals surface area (Å²) >= 11 is 6.05. The van der Waals surface area contributed by atoms with Crippen LogP contribution >= 0.6 is 11.6 Å². The Kier molecular flexibility index (Phi) is 6.22. The highest BCUT2D eigenvalue weighted by molar-refractivity contribution is 6.31. The molecule has 44 heavy (non-hydrogen) atoms. The Hall–Kier alpha value is -4.90. The van der Waals surface area contributed by atoms with E-state index >= 15 is 0 Å². The van der Waals surface area contributed by atoms with Gasteiger partial charge in [0.25, 0.3) is 0 Å². The van der Waals surface area contributed by atoms with Crippen molar-refractivity contribution >= 4 is 29.1 Å². The summed E-state index contributed by atoms with van der Waals surface area (Å²) in [6.45, 7) is 1.76. The van der Waals surface area contributed by atoms with Crippen molar-refractivity contribution in [3.63, 3.8) is 0 Å². The maximum absolute atomic E-state index is 14.5. The summed E-state index contributed by atoms with van der Waals surface area (Å²) in [5, 5.41) is 10.00. The van der Waals surface area contributed by atoms with Crippen LogP contribution in [-0.2, 0) is 16.1 Å². The fourth-order valence-corrected chi connectivity index (χ4v) is 7.40. The van der Waals surface area contributed by atoms with Crippen LogP contribution in [0.3, 0.4) is 0 Å². The fraction of sp³-hybridized carbons (Fsp3) is 0.250. The first kappa shape index (κ1) is 27.9. The number of para-hydroxylation sites is 1. The average Bonchev–Trinajstić information content (AvgIpc) is 3.38. The van der Waals surface area contributed by atoms with Crippen LogP contribution in [0.4, 0.5) is 10.1 Å². The lowest BCUT2D eigenvalue weighted by Crippen LogP contribution is -2.49. The number of carbonyl (C=O) groups is 2. The Labute approximate surface area is 254 Å². The van der Waals surface area contributed by atoms with E-state index in [2.05, 4.69) is 0 Å². The van der Waals surface area contributed by atoms with Gasteiger partial charge in [0.1, 0.15) is 17.3 Å². The molecule has 0 unspecified atom stereocenters. The summed E-state index contributed by atoms with van der Waals surface area (Å²) < 4.78 is 23.5. The number of phenolic OH excluding ortho intramolecular Hbond substituents is 1. The number of halogens is 2. The van der Waals surface area contributed by atoms with E-state index in [-0.39, 0.29) is 35.2 Å². The second-order valence-corrected chi connectivity index (χ2v) is 11.8. The van der Waals surface area contributed by atoms with Gasteiger partial charge in [-0.25, -0.2) is 32.8 Å². The van der Waals surface area contributed by atoms with Gasteiger partial charge in [0.15, 0.2) is 0 Å². The first-order valence-electron chi connectivity index (χ1n) is 14.0. The molecule has 2 aliphatic heterocycles. The Morgan fingerprint density at radius 2 is 1.73 bits per heavy atom. The normalized spacial score (nSPS) is 24.0. The molecule has 224 valence electrons. The Bertz CT molecular complexity index is 2030. The summed E-state index contributed by atoms with van der Waals surface area (Å²) in [7, 11) is 1.43. The second-order valence-electron chi connectivity index (χ2n) is 11.4. The highest BCUT2D eigenvalue weighted by Gasteiger charge is 2.65. The summed E-state index contributed by atoms with van der Waals surface area (Å²) in [5.41, 5.74) is -0.753. The van der Waals surface area contributed by atoms with Gasteiger partial charge in [-0.1, -0.05) is 41.9 Å². The number of aromatic hydroxyl groups is 1. The number of rotatable bonds is 4. The lowest BCUT2D eigenvalue weighted by Gasteiger charge is -2.47. The number of hydrogen-bond donors (Lipinski definition) is 1. The Morgan fingerprint density at radius 3 is 2.43 bits per heavy atom. The number of aromatic nitrogens is 3. The monoisotopic (exact) mass is 616 g/mol. The molecule has 0 radical (unpaired) electrons. The number of phenols is 1. The lowest BCUT2D eigenvalue weighted by atomic mass is 9.56. The third-order valence-corrected chi connectivity index (χ3v) is 9.53. The van der Waals surface area contributed by atoms with Crippen molar-refractivity contribution in [2.75, 3.05) is 12.0 Å². The number of anilines is 1. The minimum Gasteiger partial charge on any atom is -0.508 e. The highest BCUT2D eigenvalue weighted by Crippen LogP contribution is 2.62. The fourth-order valence-electron chi connectivity index (χ4n) is 7.23. The molecule has 2 amide bonds. The molecule has 0 spiro atoms. The molecule has 4 aromatic rings. The highest BCUT2D eigenvalue weighted by atomic mass is 35.5. The van der Waals surface area contributed by atoms with Gasteiger partial charge < -0.3 is 9.84 Å². The molecule has 10 nitrogen and oxygen atoms in total. The smallest absolute Gasteiger partial charge is 0.352 e. The standard InChI is InChI=1S/C32H26ClFN4O6/c1-32-22(28(40)36(29(32)41)18-8-11-24(34)23(33)14-18)16-25-20(27(32)21-10-9-19(39)15-26(21)44-2)12-13-35-30(42)37(31(43)38(25)35)17-6-4-3-5-7-17/h3-12,14-15,22,25,27,39H,13,16H2,1-2H3/t22-,25+,27+,32+/m0/s1. The molecule has 3 aliphatic rings. The number of ether oxygens (including phenoxy) is 1. The zero-order valence-electron chi connectivity index (χ0n) is 23.6. The van der Waals surface area contributed by atoms with E-state index < -0.39 is 52.3 Å². The van der Waals surface area contributed by atoms with Gasteiger partial charge in [0, 0.05) is 17.5 Å². The largest absolute Gasteiger partial charge is 0.508 e. The molecular formula is C32H26ClFN4O6. The first-order chi connectivity index (χ1) is 21.1. The first-order valence-corrected chi connectivity index (χ1v) is 14.4. The molecule has 2 fully saturated rings. The van der Waals surface area contributed by atoms with E-state index in [0.29, 0.717) is 16.8 Å². The van der Waals surface area contributed by atoms with E-state index in [4.69, 9.17) is 16.3 Å². The maximum atomic E-state index is 14.5. The van der Waals surface area contributed by atoms with Crippen molar-refractivity contribution in [2.24, 2.45) is 11.3 Å². The molecule has 1 saturated carbocycles. The maximum Gasteiger partial charge on any atom is 0.352 e. The van der Waals surface area contributed by atoms with E-state index in [9.17, 15) is 28.7 Å². The van der Waals surface area contributed by atoms with Crippen molar-refractivity contribution in [1.82, 2.24) is 13.9 Å². The van der Waals surface area contributed by atoms with Gasteiger partial charge in [0.2, 0.25) is 11.8 Å². The molecule has 3 heterocycles. The SMILES string of the molecule is COc1cc(O)ccc1[C@H]1C2=CCn3c(=O)n(-c4ccccc4)c(=O)n3[C@@H]2C[C@H]2C(=O)N(c3ccc(F)c(Cl)c3)C(=O)[C@@]12C. The van der Waals surface area contributed by atoms with Gasteiger partial charge in [-0.05, 0) is 55.3 Å². The number of fused-ring (bicyclic) bond motifs is 4. The number of methoxy groups -OCH3 is 1. The predicted molar refractivity (Wildman–Crippen MR) is 159 cm³/mol. The topological polar surface area (TPSA) is 116 Å². The van der Waals surface area contributed by atoms with Crippen LogP contribution in [0.1, 0.15) is 30.9 Å². The molecule has 1 N–H and O–H groups in total. The zero-order chi connectivity index (χ0) is 31.1. The zero-order valence-corrected chi connectivity index (χ0v) is 24.4. The van der Waals surface area contributed by atoms with Crippen LogP contribution in [0.5, 0.6) is 11.5 Å². The lowest BCUT2D eigenvalue weighted by molar-refractivity contribution is -0.129. The molecule has 1 saturated heterocycles. The van der Waals surface area contributed by atoms with Crippen LogP contribution in [0.2, 0.25) is 5.02 Å². The third-order valence-electron chi connectivity index (χ3n) is 9.24. The number of benzene rings is 3. The summed E-state index contributed by atoms with van der Waals surface area (Å²) in [6.07, 6.45) is 1.88. The molecule has 4 atom stereocenters. The van der Waals surface area contributed by atoms with Crippen LogP contribution in [-0.4, -0.2) is 38.0 Å². The molecule has 12 heteroatoms. The van der Waals surface area contributed by atoms with Gasteiger partial charge in [0.05, 0.1) is 47.4 Å². The number of allylic oxidation sites excluding steroid dienone is 2. The molecule has 0 bridgehead atoms. The number of amides is 2. The summed E-state index contributed by atoms with van der Waals surface area (Å²) in [5.74, 6) is -3.26. The average molecular weight is 617 g/mol. The van der Waals surface area contributed by atoms with Crippen molar-refractivity contribution in [2.45, 2.75) is 31.8 Å². The number of nitrogens with zero attached hydrogens (tertiary/aromatic N) is 4. The summed E-state index contributed by atoms with van der Waals surface area (Å²) in [4.78, 5) is 57.3. The van der Waals surface area contributed by atoms with Crippen LogP contribution in [0.25, 0.3) is 5.69 Å². The summed E-state index contributed by atoms with van der Waals surface area (Å²) in [6, 6.07) is 16.0. The quantitative estimate of drug-likeness (QED) is 0.272. The van der Waals surface area contributed by atoms with Gasteiger partial charge >= 0.3 is 11.4 Å². The van der Waals surface area contributed by atoms with Crippen LogP contribution in [0, 0.1) is 17.2 Å². The molecule has 1 aliphatic carbocycles. The number of carbonyl (C=O) groups excluding carboxylic acids is 2. The molecular weight excluding hydrogens is 591 g/mol. The third kappa shape index (κ3) is 3.71. The van der Waals surface area contributed by atoms with E-state index in [1.165, 1.54) is 40.7 Å². The minimum atomic E-state index is -1.38.